The van der Waals surface area contributed by atoms with Gasteiger partial charge >= 0.3 is 0 Å². The lowest BCUT2D eigenvalue weighted by molar-refractivity contribution is 0.0901. The smallest absolute Gasteiger partial charge is 0.253 e. The van der Waals surface area contributed by atoms with Crippen LogP contribution in [0.3, 0.4) is 0 Å². The maximum Gasteiger partial charge on any atom is 0.253 e. The molecule has 3 nitrogen and oxygen atoms in total. The molecule has 0 bridgehead atoms. The van der Waals surface area contributed by atoms with Gasteiger partial charge in [0, 0.05) is 11.2 Å². The minimum atomic E-state index is -0.459. The predicted molar refractivity (Wildman–Crippen MR) is 67.3 cm³/mol. The number of anilines is 1. The summed E-state index contributed by atoms with van der Waals surface area (Å²) >= 11 is 0. The Balaban J connectivity index is 2.94. The number of rotatable bonds is 4. The molecule has 0 saturated heterocycles. The third kappa shape index (κ3) is 3.19. The number of halogens is 1. The van der Waals surface area contributed by atoms with Crippen molar-refractivity contribution in [1.82, 2.24) is 5.32 Å². The lowest BCUT2D eigenvalue weighted by Crippen LogP contribution is -2.45. The van der Waals surface area contributed by atoms with Crippen molar-refractivity contribution in [3.05, 3.63) is 29.6 Å². The predicted octanol–water partition coefficient (Wildman–Crippen LogP) is 2.72. The molecule has 0 unspecified atom stereocenters. The summed E-state index contributed by atoms with van der Waals surface area (Å²) in [5.74, 6) is -0.785. The second-order valence-corrected chi connectivity index (χ2v) is 4.45. The molecule has 0 aliphatic carbocycles. The molecule has 0 radical (unpaired) electrons. The van der Waals surface area contributed by atoms with Crippen molar-refractivity contribution in [2.75, 3.05) is 5.73 Å². The van der Waals surface area contributed by atoms with Gasteiger partial charge < -0.3 is 11.1 Å². The van der Waals surface area contributed by atoms with Crippen molar-refractivity contribution in [1.29, 1.82) is 0 Å². The molecular weight excluding hydrogens is 219 g/mol. The monoisotopic (exact) mass is 238 g/mol. The maximum absolute atomic E-state index is 13.1. The average molecular weight is 238 g/mol. The first kappa shape index (κ1) is 13.5. The SMILES string of the molecule is CCC(C)(CC)NC(=O)c1cc(F)ccc1N. The number of hydrogen-bond donors (Lipinski definition) is 2. The quantitative estimate of drug-likeness (QED) is 0.792. The molecule has 0 heterocycles. The summed E-state index contributed by atoms with van der Waals surface area (Å²) in [5.41, 5.74) is 5.87. The Morgan fingerprint density at radius 1 is 1.41 bits per heavy atom. The summed E-state index contributed by atoms with van der Waals surface area (Å²) in [5, 5.41) is 2.89. The molecule has 1 aromatic carbocycles. The van der Waals surface area contributed by atoms with Crippen LogP contribution in [0.25, 0.3) is 0 Å². The first-order valence-electron chi connectivity index (χ1n) is 5.79. The van der Waals surface area contributed by atoms with E-state index in [1.807, 2.05) is 20.8 Å². The van der Waals surface area contributed by atoms with E-state index >= 15 is 0 Å². The molecule has 17 heavy (non-hydrogen) atoms. The van der Waals surface area contributed by atoms with Crippen LogP contribution >= 0.6 is 0 Å². The van der Waals surface area contributed by atoms with Gasteiger partial charge in [-0.05, 0) is 38.0 Å². The molecule has 0 aliphatic rings. The van der Waals surface area contributed by atoms with Crippen molar-refractivity contribution in [2.45, 2.75) is 39.2 Å². The highest BCUT2D eigenvalue weighted by Gasteiger charge is 2.23. The normalized spacial score (nSPS) is 11.3. The van der Waals surface area contributed by atoms with Crippen LogP contribution in [-0.4, -0.2) is 11.4 Å². The van der Waals surface area contributed by atoms with E-state index < -0.39 is 5.82 Å². The van der Waals surface area contributed by atoms with Crippen LogP contribution in [0.4, 0.5) is 10.1 Å². The van der Waals surface area contributed by atoms with Gasteiger partial charge in [0.15, 0.2) is 0 Å². The zero-order valence-corrected chi connectivity index (χ0v) is 10.5. The van der Waals surface area contributed by atoms with Crippen LogP contribution in [0.1, 0.15) is 44.0 Å². The van der Waals surface area contributed by atoms with Gasteiger partial charge in [-0.25, -0.2) is 4.39 Å². The molecule has 0 aromatic heterocycles. The number of benzene rings is 1. The van der Waals surface area contributed by atoms with E-state index in [4.69, 9.17) is 5.73 Å². The lowest BCUT2D eigenvalue weighted by Gasteiger charge is -2.28. The third-order valence-corrected chi connectivity index (χ3v) is 3.24. The molecule has 4 heteroatoms. The highest BCUT2D eigenvalue weighted by atomic mass is 19.1. The zero-order chi connectivity index (χ0) is 13.1. The van der Waals surface area contributed by atoms with Crippen molar-refractivity contribution in [3.8, 4) is 0 Å². The summed E-state index contributed by atoms with van der Waals surface area (Å²) in [6.45, 7) is 5.96. The van der Waals surface area contributed by atoms with Gasteiger partial charge in [0.05, 0.1) is 5.56 Å². The van der Waals surface area contributed by atoms with Crippen molar-refractivity contribution in [3.63, 3.8) is 0 Å². The molecule has 0 saturated carbocycles. The largest absolute Gasteiger partial charge is 0.398 e. The van der Waals surface area contributed by atoms with Crippen LogP contribution in [0.5, 0.6) is 0 Å². The van der Waals surface area contributed by atoms with Crippen molar-refractivity contribution < 1.29 is 9.18 Å². The average Bonchev–Trinajstić information content (AvgIpc) is 2.32. The topological polar surface area (TPSA) is 55.1 Å². The van der Waals surface area contributed by atoms with Crippen molar-refractivity contribution in [2.24, 2.45) is 0 Å². The van der Waals surface area contributed by atoms with Crippen LogP contribution < -0.4 is 11.1 Å². The second-order valence-electron chi connectivity index (χ2n) is 4.45. The number of nitrogen functional groups attached to an aromatic ring is 1. The van der Waals surface area contributed by atoms with E-state index in [0.717, 1.165) is 18.9 Å². The Hall–Kier alpha value is -1.58. The van der Waals surface area contributed by atoms with Gasteiger partial charge in [0.1, 0.15) is 5.82 Å². The number of nitrogens with two attached hydrogens (primary N) is 1. The summed E-state index contributed by atoms with van der Waals surface area (Å²) in [6.07, 6.45) is 1.62. The Morgan fingerprint density at radius 3 is 2.53 bits per heavy atom. The highest BCUT2D eigenvalue weighted by molar-refractivity contribution is 5.99. The van der Waals surface area contributed by atoms with Gasteiger partial charge in [-0.2, -0.15) is 0 Å². The number of carbonyl (C=O) groups is 1. The zero-order valence-electron chi connectivity index (χ0n) is 10.5. The summed E-state index contributed by atoms with van der Waals surface area (Å²) in [7, 11) is 0. The summed E-state index contributed by atoms with van der Waals surface area (Å²) < 4.78 is 13.1. The van der Waals surface area contributed by atoms with Crippen LogP contribution in [-0.2, 0) is 0 Å². The van der Waals surface area contributed by atoms with E-state index in [2.05, 4.69) is 5.32 Å². The fourth-order valence-corrected chi connectivity index (χ4v) is 1.49. The van der Waals surface area contributed by atoms with Gasteiger partial charge in [0.25, 0.3) is 5.91 Å². The van der Waals surface area contributed by atoms with Crippen LogP contribution in [0, 0.1) is 5.82 Å². The molecule has 0 atom stereocenters. The van der Waals surface area contributed by atoms with Gasteiger partial charge in [-0.15, -0.1) is 0 Å². The summed E-state index contributed by atoms with van der Waals surface area (Å²) in [6, 6.07) is 3.81. The first-order valence-corrected chi connectivity index (χ1v) is 5.79. The van der Waals surface area contributed by atoms with E-state index in [0.29, 0.717) is 5.69 Å². The molecule has 1 aromatic rings. The molecule has 0 fully saturated rings. The number of nitrogens with one attached hydrogen (secondary N) is 1. The highest BCUT2D eigenvalue weighted by Crippen LogP contribution is 2.18. The molecule has 1 amide bonds. The standard InChI is InChI=1S/C13H19FN2O/c1-4-13(3,5-2)16-12(17)10-8-9(14)6-7-11(10)15/h6-8H,4-5,15H2,1-3H3,(H,16,17). The van der Waals surface area contributed by atoms with Crippen LogP contribution in [0.2, 0.25) is 0 Å². The maximum atomic E-state index is 13.1. The Labute approximate surface area is 101 Å². The second kappa shape index (κ2) is 5.17. The lowest BCUT2D eigenvalue weighted by atomic mass is 9.95. The molecule has 0 aliphatic heterocycles. The fourth-order valence-electron chi connectivity index (χ4n) is 1.49. The molecule has 94 valence electrons. The fraction of sp³-hybridized carbons (Fsp3) is 0.462. The Morgan fingerprint density at radius 2 is 2.00 bits per heavy atom. The third-order valence-electron chi connectivity index (χ3n) is 3.24. The van der Waals surface area contributed by atoms with Gasteiger partial charge in [-0.3, -0.25) is 4.79 Å². The molecule has 0 spiro atoms. The van der Waals surface area contributed by atoms with Crippen LogP contribution in [0.15, 0.2) is 18.2 Å². The van der Waals surface area contributed by atoms with Gasteiger partial charge in [0.2, 0.25) is 0 Å². The number of carbonyl (C=O) groups excluding carboxylic acids is 1. The van der Waals surface area contributed by atoms with E-state index in [9.17, 15) is 9.18 Å². The first-order chi connectivity index (χ1) is 7.91. The van der Waals surface area contributed by atoms with Gasteiger partial charge in [-0.1, -0.05) is 13.8 Å². The Kier molecular flexibility index (Phi) is 4.10. The van der Waals surface area contributed by atoms with E-state index in [1.165, 1.54) is 12.1 Å². The molecule has 3 N–H and O–H groups in total. The molecule has 1 rings (SSSR count). The van der Waals surface area contributed by atoms with E-state index in [-0.39, 0.29) is 17.0 Å². The van der Waals surface area contributed by atoms with E-state index in [1.54, 1.807) is 0 Å². The number of amides is 1. The Bertz CT molecular complexity index is 414. The van der Waals surface area contributed by atoms with Crippen molar-refractivity contribution >= 4 is 11.6 Å². The summed E-state index contributed by atoms with van der Waals surface area (Å²) in [4.78, 5) is 12.0. The molecular formula is C13H19FN2O. The minimum absolute atomic E-state index is 0.193. The minimum Gasteiger partial charge on any atom is -0.398 e. The number of hydrogen-bond acceptors (Lipinski definition) is 2.